The second kappa shape index (κ2) is 6.79. The van der Waals surface area contributed by atoms with Crippen LogP contribution in [-0.2, 0) is 9.84 Å². The molecule has 1 atom stereocenters. The van der Waals surface area contributed by atoms with E-state index in [-0.39, 0.29) is 21.6 Å². The number of amides is 1. The van der Waals surface area contributed by atoms with Crippen molar-refractivity contribution in [1.29, 1.82) is 0 Å². The predicted molar refractivity (Wildman–Crippen MR) is 85.6 cm³/mol. The third kappa shape index (κ3) is 6.48. The molecule has 1 aromatic carbocycles. The van der Waals surface area contributed by atoms with Crippen molar-refractivity contribution >= 4 is 27.3 Å². The van der Waals surface area contributed by atoms with E-state index < -0.39 is 9.84 Å². The summed E-state index contributed by atoms with van der Waals surface area (Å²) in [5.41, 5.74) is 0.408. The Kier molecular flexibility index (Phi) is 5.82. The van der Waals surface area contributed by atoms with E-state index >= 15 is 0 Å². The number of rotatable bonds is 5. The number of carbonyl (C=O) groups is 1. The molecule has 6 heteroatoms. The van der Waals surface area contributed by atoms with Crippen molar-refractivity contribution in [1.82, 2.24) is 5.32 Å². The first kappa shape index (κ1) is 18.0. The van der Waals surface area contributed by atoms with E-state index in [9.17, 15) is 13.2 Å². The number of benzene rings is 1. The minimum absolute atomic E-state index is 0.0906. The molecule has 1 unspecified atom stereocenters. The molecular formula is C15H22ClNO3S. The highest BCUT2D eigenvalue weighted by atomic mass is 35.5. The Balaban J connectivity index is 2.69. The smallest absolute Gasteiger partial charge is 0.251 e. The zero-order valence-electron chi connectivity index (χ0n) is 12.8. The second-order valence-electron chi connectivity index (χ2n) is 6.37. The second-order valence-corrected chi connectivity index (χ2v) is 9.01. The highest BCUT2D eigenvalue weighted by Gasteiger charge is 2.18. The standard InChI is InChI=1S/C15H22ClNO3S/c1-15(2,3)9-12(16)10-17-14(18)11-6-5-7-13(8-11)21(4,19)20/h5-8,12H,9-10H2,1-4H3,(H,17,18). The quantitative estimate of drug-likeness (QED) is 0.844. The molecule has 0 aliphatic carbocycles. The first-order valence-corrected chi connectivity index (χ1v) is 9.04. The van der Waals surface area contributed by atoms with Gasteiger partial charge in [-0.05, 0) is 30.0 Å². The number of carbonyl (C=O) groups excluding carboxylic acids is 1. The van der Waals surface area contributed by atoms with Crippen LogP contribution in [0.4, 0.5) is 0 Å². The van der Waals surface area contributed by atoms with Crippen LogP contribution in [0, 0.1) is 5.41 Å². The largest absolute Gasteiger partial charge is 0.351 e. The maximum atomic E-state index is 12.0. The molecule has 4 nitrogen and oxygen atoms in total. The van der Waals surface area contributed by atoms with Gasteiger partial charge in [-0.1, -0.05) is 26.8 Å². The average Bonchev–Trinajstić information content (AvgIpc) is 2.33. The fourth-order valence-electron chi connectivity index (χ4n) is 1.91. The Morgan fingerprint density at radius 2 is 1.95 bits per heavy atom. The summed E-state index contributed by atoms with van der Waals surface area (Å²) in [6.45, 7) is 6.60. The summed E-state index contributed by atoms with van der Waals surface area (Å²) in [7, 11) is -3.32. The van der Waals surface area contributed by atoms with E-state index in [1.54, 1.807) is 12.1 Å². The monoisotopic (exact) mass is 331 g/mol. The van der Waals surface area contributed by atoms with Gasteiger partial charge in [0.25, 0.3) is 5.91 Å². The average molecular weight is 332 g/mol. The van der Waals surface area contributed by atoms with Crippen LogP contribution in [0.15, 0.2) is 29.2 Å². The lowest BCUT2D eigenvalue weighted by Gasteiger charge is -2.22. The normalized spacial score (nSPS) is 13.8. The fraction of sp³-hybridized carbons (Fsp3) is 0.533. The molecule has 1 N–H and O–H groups in total. The molecule has 21 heavy (non-hydrogen) atoms. The fourth-order valence-corrected chi connectivity index (χ4v) is 3.12. The maximum Gasteiger partial charge on any atom is 0.251 e. The van der Waals surface area contributed by atoms with E-state index in [0.717, 1.165) is 12.7 Å². The molecule has 0 saturated carbocycles. The summed E-state index contributed by atoms with van der Waals surface area (Å²) in [5.74, 6) is -0.319. The Labute approximate surface area is 131 Å². The Hall–Kier alpha value is -1.07. The van der Waals surface area contributed by atoms with E-state index in [2.05, 4.69) is 26.1 Å². The Morgan fingerprint density at radius 1 is 1.33 bits per heavy atom. The number of hydrogen-bond donors (Lipinski definition) is 1. The molecule has 1 rings (SSSR count). The highest BCUT2D eigenvalue weighted by molar-refractivity contribution is 7.90. The van der Waals surface area contributed by atoms with Crippen LogP contribution in [0.25, 0.3) is 0 Å². The number of sulfone groups is 1. The molecule has 0 fully saturated rings. The molecule has 0 saturated heterocycles. The van der Waals surface area contributed by atoms with Crippen molar-refractivity contribution in [2.24, 2.45) is 5.41 Å². The number of alkyl halides is 1. The van der Waals surface area contributed by atoms with Crippen LogP contribution in [0.1, 0.15) is 37.6 Å². The van der Waals surface area contributed by atoms with Gasteiger partial charge in [-0.3, -0.25) is 4.79 Å². The molecule has 0 radical (unpaired) electrons. The summed E-state index contributed by atoms with van der Waals surface area (Å²) in [6.07, 6.45) is 1.89. The first-order chi connectivity index (χ1) is 9.49. The lowest BCUT2D eigenvalue weighted by atomic mass is 9.90. The molecule has 1 amide bonds. The molecule has 0 bridgehead atoms. The van der Waals surface area contributed by atoms with Gasteiger partial charge in [0.15, 0.2) is 9.84 Å². The lowest BCUT2D eigenvalue weighted by molar-refractivity contribution is 0.0951. The van der Waals surface area contributed by atoms with Gasteiger partial charge in [-0.2, -0.15) is 0 Å². The van der Waals surface area contributed by atoms with Gasteiger partial charge in [-0.15, -0.1) is 11.6 Å². The summed E-state index contributed by atoms with van der Waals surface area (Å²) in [4.78, 5) is 12.2. The molecule has 0 aliphatic heterocycles. The van der Waals surface area contributed by atoms with Crippen LogP contribution < -0.4 is 5.32 Å². The summed E-state index contributed by atoms with van der Waals surface area (Å²) < 4.78 is 23.0. The van der Waals surface area contributed by atoms with E-state index in [4.69, 9.17) is 11.6 Å². The zero-order valence-corrected chi connectivity index (χ0v) is 14.4. The van der Waals surface area contributed by atoms with Crippen LogP contribution in [0.5, 0.6) is 0 Å². The van der Waals surface area contributed by atoms with Crippen LogP contribution in [-0.4, -0.2) is 32.5 Å². The van der Waals surface area contributed by atoms with Crippen molar-refractivity contribution in [3.05, 3.63) is 29.8 Å². The van der Waals surface area contributed by atoms with Crippen molar-refractivity contribution < 1.29 is 13.2 Å². The minimum atomic E-state index is -3.32. The van der Waals surface area contributed by atoms with Crippen molar-refractivity contribution in [3.8, 4) is 0 Å². The van der Waals surface area contributed by atoms with Gasteiger partial charge in [0.2, 0.25) is 0 Å². The summed E-state index contributed by atoms with van der Waals surface area (Å²) in [5, 5.41) is 2.57. The molecule has 0 heterocycles. The number of nitrogens with one attached hydrogen (secondary N) is 1. The lowest BCUT2D eigenvalue weighted by Crippen LogP contribution is -2.31. The topological polar surface area (TPSA) is 63.2 Å². The molecule has 118 valence electrons. The van der Waals surface area contributed by atoms with Crippen LogP contribution in [0.3, 0.4) is 0 Å². The van der Waals surface area contributed by atoms with Gasteiger partial charge in [-0.25, -0.2) is 8.42 Å². The molecule has 0 aromatic heterocycles. The highest BCUT2D eigenvalue weighted by Crippen LogP contribution is 2.23. The van der Waals surface area contributed by atoms with Gasteiger partial charge in [0.05, 0.1) is 10.3 Å². The molecule has 0 spiro atoms. The minimum Gasteiger partial charge on any atom is -0.351 e. The first-order valence-electron chi connectivity index (χ1n) is 6.71. The molecule has 1 aromatic rings. The van der Waals surface area contributed by atoms with E-state index in [1.807, 2.05) is 0 Å². The van der Waals surface area contributed by atoms with Gasteiger partial charge >= 0.3 is 0 Å². The van der Waals surface area contributed by atoms with Gasteiger partial charge < -0.3 is 5.32 Å². The third-order valence-electron chi connectivity index (χ3n) is 2.84. The zero-order chi connectivity index (χ0) is 16.3. The van der Waals surface area contributed by atoms with Gasteiger partial charge in [0, 0.05) is 18.4 Å². The summed E-state index contributed by atoms with van der Waals surface area (Å²) in [6, 6.07) is 5.98. The van der Waals surface area contributed by atoms with Crippen molar-refractivity contribution in [2.45, 2.75) is 37.5 Å². The Morgan fingerprint density at radius 3 is 2.48 bits per heavy atom. The predicted octanol–water partition coefficient (Wildman–Crippen LogP) is 2.86. The van der Waals surface area contributed by atoms with Crippen LogP contribution >= 0.6 is 11.6 Å². The third-order valence-corrected chi connectivity index (χ3v) is 4.26. The van der Waals surface area contributed by atoms with Crippen molar-refractivity contribution in [2.75, 3.05) is 12.8 Å². The number of hydrogen-bond acceptors (Lipinski definition) is 3. The van der Waals surface area contributed by atoms with Crippen molar-refractivity contribution in [3.63, 3.8) is 0 Å². The van der Waals surface area contributed by atoms with Crippen LogP contribution in [0.2, 0.25) is 0 Å². The molecular weight excluding hydrogens is 310 g/mol. The van der Waals surface area contributed by atoms with Gasteiger partial charge in [0.1, 0.15) is 0 Å². The van der Waals surface area contributed by atoms with E-state index in [1.165, 1.54) is 12.1 Å². The number of halogens is 1. The SMILES string of the molecule is CC(C)(C)CC(Cl)CNC(=O)c1cccc(S(C)(=O)=O)c1. The van der Waals surface area contributed by atoms with E-state index in [0.29, 0.717) is 12.1 Å². The maximum absolute atomic E-state index is 12.0. The molecule has 0 aliphatic rings. The Bertz CT molecular complexity index is 606. The summed E-state index contributed by atoms with van der Waals surface area (Å²) >= 11 is 6.19.